The summed E-state index contributed by atoms with van der Waals surface area (Å²) in [7, 11) is 0. The smallest absolute Gasteiger partial charge is 0.250 e. The van der Waals surface area contributed by atoms with Gasteiger partial charge in [0.05, 0.1) is 0 Å². The number of amides is 3. The molecule has 28 heavy (non-hydrogen) atoms. The highest BCUT2D eigenvalue weighted by molar-refractivity contribution is 6.02. The van der Waals surface area contributed by atoms with Gasteiger partial charge in [-0.05, 0) is 51.2 Å². The molecular formula is C22H31N3O3. The van der Waals surface area contributed by atoms with Gasteiger partial charge in [-0.25, -0.2) is 0 Å². The van der Waals surface area contributed by atoms with Crippen LogP contribution in [0.15, 0.2) is 18.2 Å². The van der Waals surface area contributed by atoms with Crippen LogP contribution in [0.25, 0.3) is 0 Å². The molecule has 1 saturated carbocycles. The van der Waals surface area contributed by atoms with Crippen molar-refractivity contribution in [2.75, 3.05) is 11.9 Å². The fourth-order valence-corrected chi connectivity index (χ4v) is 4.65. The zero-order chi connectivity index (χ0) is 20.3. The standard InChI is InChI=1S/C22H31N3O3/c1-4-25(20(27)17-11-12-18(26)23-17)22(13-6-5-7-14-22)21(28)24-19-15(2)9-8-10-16(19)3/h8-10,17H,4-7,11-14H2,1-3H3,(H,23,26)(H,24,28). The maximum Gasteiger partial charge on any atom is 0.250 e. The van der Waals surface area contributed by atoms with Crippen LogP contribution in [-0.2, 0) is 14.4 Å². The van der Waals surface area contributed by atoms with Crippen LogP contribution in [0.4, 0.5) is 5.69 Å². The lowest BCUT2D eigenvalue weighted by Crippen LogP contribution is -2.62. The molecule has 0 bridgehead atoms. The Morgan fingerprint density at radius 1 is 1.18 bits per heavy atom. The van der Waals surface area contributed by atoms with Crippen molar-refractivity contribution >= 4 is 23.4 Å². The summed E-state index contributed by atoms with van der Waals surface area (Å²) in [5.74, 6) is -0.330. The molecule has 1 atom stereocenters. The van der Waals surface area contributed by atoms with Gasteiger partial charge < -0.3 is 15.5 Å². The molecular weight excluding hydrogens is 354 g/mol. The molecule has 2 aliphatic rings. The Balaban J connectivity index is 1.91. The summed E-state index contributed by atoms with van der Waals surface area (Å²) >= 11 is 0. The highest BCUT2D eigenvalue weighted by atomic mass is 16.2. The average molecular weight is 386 g/mol. The molecule has 1 aromatic rings. The maximum atomic E-state index is 13.6. The number of para-hydroxylation sites is 1. The molecule has 6 heteroatoms. The normalized spacial score (nSPS) is 21.1. The van der Waals surface area contributed by atoms with E-state index in [9.17, 15) is 14.4 Å². The highest BCUT2D eigenvalue weighted by Gasteiger charge is 2.48. The van der Waals surface area contributed by atoms with Gasteiger partial charge in [0.15, 0.2) is 0 Å². The third kappa shape index (κ3) is 3.77. The van der Waals surface area contributed by atoms with E-state index >= 15 is 0 Å². The fraction of sp³-hybridized carbons (Fsp3) is 0.591. The van der Waals surface area contributed by atoms with E-state index in [2.05, 4.69) is 10.6 Å². The van der Waals surface area contributed by atoms with Gasteiger partial charge in [0.2, 0.25) is 17.7 Å². The quantitative estimate of drug-likeness (QED) is 0.818. The van der Waals surface area contributed by atoms with Gasteiger partial charge in [-0.15, -0.1) is 0 Å². The van der Waals surface area contributed by atoms with Crippen molar-refractivity contribution in [1.29, 1.82) is 0 Å². The summed E-state index contributed by atoms with van der Waals surface area (Å²) in [6.07, 6.45) is 5.10. The van der Waals surface area contributed by atoms with Crippen molar-refractivity contribution in [2.45, 2.75) is 77.3 Å². The van der Waals surface area contributed by atoms with Crippen LogP contribution in [0, 0.1) is 13.8 Å². The molecule has 1 saturated heterocycles. The second-order valence-electron chi connectivity index (χ2n) is 8.05. The van der Waals surface area contributed by atoms with E-state index in [0.717, 1.165) is 36.1 Å². The molecule has 2 fully saturated rings. The van der Waals surface area contributed by atoms with Gasteiger partial charge in [-0.1, -0.05) is 37.5 Å². The molecule has 1 aliphatic carbocycles. The minimum Gasteiger partial charge on any atom is -0.344 e. The predicted octanol–water partition coefficient (Wildman–Crippen LogP) is 3.07. The number of likely N-dealkylation sites (N-methyl/N-ethyl adjacent to an activating group) is 1. The van der Waals surface area contributed by atoms with Crippen LogP contribution in [0.2, 0.25) is 0 Å². The van der Waals surface area contributed by atoms with E-state index in [1.807, 2.05) is 39.0 Å². The molecule has 0 radical (unpaired) electrons. The molecule has 3 amide bonds. The lowest BCUT2D eigenvalue weighted by Gasteiger charge is -2.45. The van der Waals surface area contributed by atoms with Crippen LogP contribution in [0.5, 0.6) is 0 Å². The van der Waals surface area contributed by atoms with Gasteiger partial charge in [0.25, 0.3) is 0 Å². The van der Waals surface area contributed by atoms with E-state index in [-0.39, 0.29) is 17.7 Å². The fourth-order valence-electron chi connectivity index (χ4n) is 4.65. The third-order valence-electron chi connectivity index (χ3n) is 6.22. The number of hydrogen-bond acceptors (Lipinski definition) is 3. The zero-order valence-corrected chi connectivity index (χ0v) is 17.1. The number of benzene rings is 1. The average Bonchev–Trinajstić information content (AvgIpc) is 3.12. The lowest BCUT2D eigenvalue weighted by molar-refractivity contribution is -0.149. The first-order valence-electron chi connectivity index (χ1n) is 10.4. The predicted molar refractivity (Wildman–Crippen MR) is 109 cm³/mol. The summed E-state index contributed by atoms with van der Waals surface area (Å²) in [4.78, 5) is 40.2. The Morgan fingerprint density at radius 2 is 1.82 bits per heavy atom. The van der Waals surface area contributed by atoms with E-state index in [0.29, 0.717) is 32.2 Å². The van der Waals surface area contributed by atoms with Crippen LogP contribution < -0.4 is 10.6 Å². The summed E-state index contributed by atoms with van der Waals surface area (Å²) in [5, 5.41) is 5.91. The minimum atomic E-state index is -0.855. The summed E-state index contributed by atoms with van der Waals surface area (Å²) in [6.45, 7) is 6.32. The number of rotatable bonds is 5. The van der Waals surface area contributed by atoms with E-state index in [1.54, 1.807) is 4.90 Å². The topological polar surface area (TPSA) is 78.5 Å². The van der Waals surface area contributed by atoms with Gasteiger partial charge in [-0.2, -0.15) is 0 Å². The van der Waals surface area contributed by atoms with Gasteiger partial charge >= 0.3 is 0 Å². The Hall–Kier alpha value is -2.37. The Labute approximate surface area is 167 Å². The number of carbonyl (C=O) groups excluding carboxylic acids is 3. The number of anilines is 1. The second-order valence-corrected chi connectivity index (χ2v) is 8.05. The number of nitrogens with one attached hydrogen (secondary N) is 2. The van der Waals surface area contributed by atoms with Crippen molar-refractivity contribution in [2.24, 2.45) is 0 Å². The molecule has 1 unspecified atom stereocenters. The van der Waals surface area contributed by atoms with Gasteiger partial charge in [0.1, 0.15) is 11.6 Å². The van der Waals surface area contributed by atoms with Crippen molar-refractivity contribution in [3.63, 3.8) is 0 Å². The van der Waals surface area contributed by atoms with Crippen molar-refractivity contribution < 1.29 is 14.4 Å². The monoisotopic (exact) mass is 385 g/mol. The van der Waals surface area contributed by atoms with Crippen molar-refractivity contribution in [3.8, 4) is 0 Å². The highest BCUT2D eigenvalue weighted by Crippen LogP contribution is 2.36. The van der Waals surface area contributed by atoms with E-state index in [4.69, 9.17) is 0 Å². The molecule has 1 heterocycles. The Kier molecular flexibility index (Phi) is 6.06. The number of hydrogen-bond donors (Lipinski definition) is 2. The van der Waals surface area contributed by atoms with Crippen LogP contribution in [0.3, 0.4) is 0 Å². The van der Waals surface area contributed by atoms with Crippen LogP contribution >= 0.6 is 0 Å². The van der Waals surface area contributed by atoms with Gasteiger partial charge in [0, 0.05) is 18.7 Å². The molecule has 1 aromatic carbocycles. The number of carbonyl (C=O) groups is 3. The lowest BCUT2D eigenvalue weighted by atomic mass is 9.78. The first-order valence-corrected chi connectivity index (χ1v) is 10.4. The number of nitrogens with zero attached hydrogens (tertiary/aromatic N) is 1. The molecule has 152 valence electrons. The maximum absolute atomic E-state index is 13.6. The SMILES string of the molecule is CCN(C(=O)C1CCC(=O)N1)C1(C(=O)Nc2c(C)cccc2C)CCCCC1. The Bertz CT molecular complexity index is 748. The molecule has 2 N–H and O–H groups in total. The largest absolute Gasteiger partial charge is 0.344 e. The van der Waals surface area contributed by atoms with Crippen molar-refractivity contribution in [1.82, 2.24) is 10.2 Å². The van der Waals surface area contributed by atoms with Crippen LogP contribution in [-0.4, -0.2) is 40.7 Å². The second kappa shape index (κ2) is 8.33. The third-order valence-corrected chi connectivity index (χ3v) is 6.22. The molecule has 0 spiro atoms. The Morgan fingerprint density at radius 3 is 2.36 bits per heavy atom. The molecule has 3 rings (SSSR count). The summed E-state index contributed by atoms with van der Waals surface area (Å²) in [6, 6.07) is 5.42. The molecule has 6 nitrogen and oxygen atoms in total. The van der Waals surface area contributed by atoms with Crippen molar-refractivity contribution in [3.05, 3.63) is 29.3 Å². The first-order chi connectivity index (χ1) is 13.4. The summed E-state index contributed by atoms with van der Waals surface area (Å²) in [5.41, 5.74) is 2.00. The van der Waals surface area contributed by atoms with Crippen LogP contribution in [0.1, 0.15) is 63.0 Å². The molecule has 0 aromatic heterocycles. The van der Waals surface area contributed by atoms with Gasteiger partial charge in [-0.3, -0.25) is 14.4 Å². The number of aryl methyl sites for hydroxylation is 2. The molecule has 1 aliphatic heterocycles. The summed E-state index contributed by atoms with van der Waals surface area (Å²) < 4.78 is 0. The zero-order valence-electron chi connectivity index (χ0n) is 17.1. The van der Waals surface area contributed by atoms with E-state index in [1.165, 1.54) is 0 Å². The first kappa shape index (κ1) is 20.4. The minimum absolute atomic E-state index is 0.0907. The van der Waals surface area contributed by atoms with E-state index < -0.39 is 11.6 Å².